The second-order valence-corrected chi connectivity index (χ2v) is 7.67. The fourth-order valence-corrected chi connectivity index (χ4v) is 4.60. The molecule has 2 atom stereocenters. The van der Waals surface area contributed by atoms with Crippen LogP contribution < -0.4 is 5.73 Å². The zero-order valence-corrected chi connectivity index (χ0v) is 13.9. The number of likely N-dealkylation sites (N-methyl/N-ethyl adjacent to an activating group) is 1. The lowest BCUT2D eigenvalue weighted by Crippen LogP contribution is -2.41. The van der Waals surface area contributed by atoms with Gasteiger partial charge >= 0.3 is 0 Å². The van der Waals surface area contributed by atoms with Crippen molar-refractivity contribution in [3.8, 4) is 0 Å². The van der Waals surface area contributed by atoms with Crippen LogP contribution in [0.2, 0.25) is 0 Å². The first-order chi connectivity index (χ1) is 9.78. The van der Waals surface area contributed by atoms with Gasteiger partial charge in [0.1, 0.15) is 0 Å². The molecule has 1 saturated heterocycles. The van der Waals surface area contributed by atoms with E-state index in [2.05, 4.69) is 0 Å². The summed E-state index contributed by atoms with van der Waals surface area (Å²) in [4.78, 5) is 0.343. The van der Waals surface area contributed by atoms with E-state index >= 15 is 0 Å². The molecule has 2 unspecified atom stereocenters. The van der Waals surface area contributed by atoms with E-state index in [0.29, 0.717) is 18.0 Å². The van der Waals surface area contributed by atoms with Gasteiger partial charge in [-0.05, 0) is 49.9 Å². The van der Waals surface area contributed by atoms with Gasteiger partial charge in [-0.15, -0.1) is 0 Å². The Morgan fingerprint density at radius 3 is 2.52 bits per heavy atom. The lowest BCUT2D eigenvalue weighted by Gasteiger charge is -2.27. The van der Waals surface area contributed by atoms with Crippen LogP contribution in [0.4, 0.5) is 0 Å². The van der Waals surface area contributed by atoms with Crippen LogP contribution in [0, 0.1) is 13.8 Å². The highest BCUT2D eigenvalue weighted by molar-refractivity contribution is 7.89. The summed E-state index contributed by atoms with van der Waals surface area (Å²) in [5.41, 5.74) is 8.34. The molecule has 118 valence electrons. The van der Waals surface area contributed by atoms with Crippen molar-refractivity contribution in [2.75, 3.05) is 13.7 Å². The van der Waals surface area contributed by atoms with E-state index in [0.717, 1.165) is 23.1 Å². The summed E-state index contributed by atoms with van der Waals surface area (Å²) in [6.07, 6.45) is 0.649. The van der Waals surface area contributed by atoms with Crippen LogP contribution in [0.25, 0.3) is 0 Å². The highest BCUT2D eigenvalue weighted by Crippen LogP contribution is 2.28. The van der Waals surface area contributed by atoms with Gasteiger partial charge in [0.15, 0.2) is 0 Å². The fourth-order valence-electron chi connectivity index (χ4n) is 2.90. The van der Waals surface area contributed by atoms with Gasteiger partial charge in [0, 0.05) is 20.2 Å². The maximum atomic E-state index is 12.9. The van der Waals surface area contributed by atoms with Gasteiger partial charge in [0.05, 0.1) is 17.0 Å². The molecule has 0 saturated carbocycles. The second-order valence-electron chi connectivity index (χ2n) is 5.70. The van der Waals surface area contributed by atoms with Gasteiger partial charge in [-0.25, -0.2) is 8.42 Å². The molecular weight excluding hydrogens is 288 g/mol. The quantitative estimate of drug-likeness (QED) is 0.916. The highest BCUT2D eigenvalue weighted by atomic mass is 32.2. The second kappa shape index (κ2) is 6.04. The van der Waals surface area contributed by atoms with Crippen molar-refractivity contribution in [3.05, 3.63) is 28.8 Å². The van der Waals surface area contributed by atoms with Crippen molar-refractivity contribution in [2.24, 2.45) is 5.73 Å². The molecule has 5 nitrogen and oxygen atoms in total. The molecular formula is C15H24N2O3S. The SMILES string of the molecule is Cc1cc(C)c(S(=O)(=O)N(C)C2CCOC2C)cc1CN. The van der Waals surface area contributed by atoms with Gasteiger partial charge in [-0.1, -0.05) is 6.07 Å². The van der Waals surface area contributed by atoms with E-state index < -0.39 is 10.0 Å². The summed E-state index contributed by atoms with van der Waals surface area (Å²) in [5, 5.41) is 0. The Morgan fingerprint density at radius 1 is 1.33 bits per heavy atom. The van der Waals surface area contributed by atoms with Gasteiger partial charge < -0.3 is 10.5 Å². The van der Waals surface area contributed by atoms with Crippen LogP contribution in [0.15, 0.2) is 17.0 Å². The van der Waals surface area contributed by atoms with Crippen molar-refractivity contribution in [3.63, 3.8) is 0 Å². The lowest BCUT2D eigenvalue weighted by atomic mass is 10.1. The van der Waals surface area contributed by atoms with Crippen LogP contribution in [0.3, 0.4) is 0 Å². The highest BCUT2D eigenvalue weighted by Gasteiger charge is 2.36. The van der Waals surface area contributed by atoms with E-state index in [1.165, 1.54) is 4.31 Å². The molecule has 1 aliphatic heterocycles. The number of rotatable bonds is 4. The molecule has 1 fully saturated rings. The molecule has 0 aliphatic carbocycles. The number of aryl methyl sites for hydroxylation is 2. The van der Waals surface area contributed by atoms with E-state index in [1.54, 1.807) is 13.1 Å². The van der Waals surface area contributed by atoms with Crippen molar-refractivity contribution in [1.82, 2.24) is 4.31 Å². The number of ether oxygens (including phenoxy) is 1. The Balaban J connectivity index is 2.44. The maximum Gasteiger partial charge on any atom is 0.243 e. The van der Waals surface area contributed by atoms with Crippen molar-refractivity contribution < 1.29 is 13.2 Å². The molecule has 0 amide bonds. The first kappa shape index (κ1) is 16.4. The van der Waals surface area contributed by atoms with Crippen LogP contribution in [0.1, 0.15) is 30.0 Å². The Hall–Kier alpha value is -0.950. The summed E-state index contributed by atoms with van der Waals surface area (Å²) in [7, 11) is -1.91. The molecule has 0 spiro atoms. The summed E-state index contributed by atoms with van der Waals surface area (Å²) >= 11 is 0. The van der Waals surface area contributed by atoms with Crippen molar-refractivity contribution in [1.29, 1.82) is 0 Å². The van der Waals surface area contributed by atoms with Gasteiger partial charge in [0.25, 0.3) is 0 Å². The van der Waals surface area contributed by atoms with Gasteiger partial charge in [-0.3, -0.25) is 0 Å². The number of benzene rings is 1. The molecule has 2 rings (SSSR count). The average molecular weight is 312 g/mol. The molecule has 2 N–H and O–H groups in total. The molecule has 21 heavy (non-hydrogen) atoms. The summed E-state index contributed by atoms with van der Waals surface area (Å²) < 4.78 is 32.7. The van der Waals surface area contributed by atoms with Crippen LogP contribution >= 0.6 is 0 Å². The first-order valence-electron chi connectivity index (χ1n) is 7.19. The van der Waals surface area contributed by atoms with Crippen LogP contribution in [0.5, 0.6) is 0 Å². The van der Waals surface area contributed by atoms with E-state index in [-0.39, 0.29) is 12.1 Å². The summed E-state index contributed by atoms with van der Waals surface area (Å²) in [5.74, 6) is 0. The number of sulfonamides is 1. The third-order valence-electron chi connectivity index (χ3n) is 4.31. The third kappa shape index (κ3) is 2.99. The zero-order valence-electron chi connectivity index (χ0n) is 13.1. The zero-order chi connectivity index (χ0) is 15.8. The van der Waals surface area contributed by atoms with Crippen molar-refractivity contribution >= 4 is 10.0 Å². The summed E-state index contributed by atoms with van der Waals surface area (Å²) in [6.45, 7) is 6.62. The lowest BCUT2D eigenvalue weighted by molar-refractivity contribution is 0.102. The van der Waals surface area contributed by atoms with Crippen LogP contribution in [-0.2, 0) is 21.3 Å². The molecule has 1 aliphatic rings. The number of nitrogens with two attached hydrogens (primary N) is 1. The van der Waals surface area contributed by atoms with Gasteiger partial charge in [-0.2, -0.15) is 4.31 Å². The molecule has 0 bridgehead atoms. The molecule has 0 radical (unpaired) electrons. The molecule has 1 aromatic carbocycles. The minimum absolute atomic E-state index is 0.0792. The molecule has 0 aromatic heterocycles. The molecule has 1 heterocycles. The Bertz CT molecular complexity index is 628. The standard InChI is InChI=1S/C15H24N2O3S/c1-10-7-11(2)15(8-13(10)9-16)21(18,19)17(4)14-5-6-20-12(14)3/h7-8,12,14H,5-6,9,16H2,1-4H3. The Morgan fingerprint density at radius 2 is 2.00 bits per heavy atom. The predicted molar refractivity (Wildman–Crippen MR) is 82.6 cm³/mol. The van der Waals surface area contributed by atoms with E-state index in [1.807, 2.05) is 26.8 Å². The molecule has 6 heteroatoms. The fraction of sp³-hybridized carbons (Fsp3) is 0.600. The topological polar surface area (TPSA) is 72.6 Å². The predicted octanol–water partition coefficient (Wildman–Crippen LogP) is 1.56. The Labute approximate surface area is 127 Å². The largest absolute Gasteiger partial charge is 0.377 e. The minimum Gasteiger partial charge on any atom is -0.377 e. The molecule has 1 aromatic rings. The summed E-state index contributed by atoms with van der Waals surface area (Å²) in [6, 6.07) is 3.48. The first-order valence-corrected chi connectivity index (χ1v) is 8.63. The third-order valence-corrected chi connectivity index (χ3v) is 6.34. The van der Waals surface area contributed by atoms with E-state index in [9.17, 15) is 8.42 Å². The Kier molecular flexibility index (Phi) is 4.72. The maximum absolute atomic E-state index is 12.9. The van der Waals surface area contributed by atoms with Crippen LogP contribution in [-0.4, -0.2) is 38.5 Å². The number of hydrogen-bond donors (Lipinski definition) is 1. The minimum atomic E-state index is -3.54. The van der Waals surface area contributed by atoms with E-state index in [4.69, 9.17) is 10.5 Å². The average Bonchev–Trinajstić information content (AvgIpc) is 2.83. The normalized spacial score (nSPS) is 23.0. The van der Waals surface area contributed by atoms with Crippen molar-refractivity contribution in [2.45, 2.75) is 50.8 Å². The monoisotopic (exact) mass is 312 g/mol. The number of hydrogen-bond acceptors (Lipinski definition) is 4. The number of nitrogens with zero attached hydrogens (tertiary/aromatic N) is 1. The van der Waals surface area contributed by atoms with Gasteiger partial charge in [0.2, 0.25) is 10.0 Å². The smallest absolute Gasteiger partial charge is 0.243 e.